The average molecular weight is 395 g/mol. The Kier molecular flexibility index (Phi) is 5.87. The number of carbonyl (C=O) groups excluding carboxylic acids is 1. The first-order valence-electron chi connectivity index (χ1n) is 8.50. The molecule has 3 aromatic rings. The second kappa shape index (κ2) is 8.50. The molecule has 0 aliphatic rings. The molecule has 1 aromatic heterocycles. The molecule has 1 unspecified atom stereocenters. The molecule has 28 heavy (non-hydrogen) atoms. The van der Waals surface area contributed by atoms with Crippen LogP contribution in [0.1, 0.15) is 16.8 Å². The predicted molar refractivity (Wildman–Crippen MR) is 108 cm³/mol. The van der Waals surface area contributed by atoms with Gasteiger partial charge in [0.25, 0.3) is 0 Å². The lowest BCUT2D eigenvalue weighted by Gasteiger charge is -2.18. The van der Waals surface area contributed by atoms with E-state index < -0.39 is 17.8 Å². The van der Waals surface area contributed by atoms with Gasteiger partial charge >= 0.3 is 0 Å². The number of hydrogen-bond donors (Lipinski definition) is 3. The smallest absolute Gasteiger partial charge is 0.240 e. The maximum Gasteiger partial charge on any atom is 0.240 e. The lowest BCUT2D eigenvalue weighted by Crippen LogP contribution is -2.37. The summed E-state index contributed by atoms with van der Waals surface area (Å²) in [7, 11) is 0. The molecular weight excluding hydrogens is 377 g/mol. The molecule has 0 saturated heterocycles. The van der Waals surface area contributed by atoms with E-state index in [1.165, 1.54) is 17.6 Å². The lowest BCUT2D eigenvalue weighted by atomic mass is 10.0. The Morgan fingerprint density at radius 1 is 1.29 bits per heavy atom. The van der Waals surface area contributed by atoms with Crippen molar-refractivity contribution in [2.24, 2.45) is 5.73 Å². The largest absolute Gasteiger partial charge is 0.371 e. The van der Waals surface area contributed by atoms with Gasteiger partial charge < -0.3 is 16.4 Å². The molecular formula is C20H18FN5OS. The number of hydrogen-bond acceptors (Lipinski definition) is 6. The van der Waals surface area contributed by atoms with Gasteiger partial charge in [-0.15, -0.1) is 0 Å². The van der Waals surface area contributed by atoms with Gasteiger partial charge in [-0.25, -0.2) is 4.39 Å². The summed E-state index contributed by atoms with van der Waals surface area (Å²) in [5.74, 6) is -1.23. The van der Waals surface area contributed by atoms with Crippen molar-refractivity contribution >= 4 is 33.8 Å². The Morgan fingerprint density at radius 3 is 2.64 bits per heavy atom. The van der Waals surface area contributed by atoms with Gasteiger partial charge in [-0.2, -0.15) is 9.64 Å². The fraction of sp³-hybridized carbons (Fsp3) is 0.150. The van der Waals surface area contributed by atoms with Crippen molar-refractivity contribution in [2.45, 2.75) is 19.4 Å². The first-order chi connectivity index (χ1) is 13.5. The quantitative estimate of drug-likeness (QED) is 0.566. The average Bonchev–Trinajstić information content (AvgIpc) is 3.09. The van der Waals surface area contributed by atoms with Crippen LogP contribution in [0.3, 0.4) is 0 Å². The minimum atomic E-state index is -0.802. The topological polar surface area (TPSA) is 104 Å². The van der Waals surface area contributed by atoms with Crippen LogP contribution in [-0.4, -0.2) is 16.3 Å². The highest BCUT2D eigenvalue weighted by Gasteiger charge is 2.19. The molecule has 142 valence electrons. The zero-order valence-corrected chi connectivity index (χ0v) is 15.9. The molecule has 0 aliphatic carbocycles. The van der Waals surface area contributed by atoms with Crippen molar-refractivity contribution < 1.29 is 9.18 Å². The van der Waals surface area contributed by atoms with Crippen molar-refractivity contribution in [3.63, 3.8) is 0 Å². The maximum atomic E-state index is 14.5. The molecule has 0 fully saturated rings. The van der Waals surface area contributed by atoms with Crippen LogP contribution in [0.15, 0.2) is 48.5 Å². The first-order valence-corrected chi connectivity index (χ1v) is 9.27. The third kappa shape index (κ3) is 4.64. The molecule has 4 N–H and O–H groups in total. The van der Waals surface area contributed by atoms with Gasteiger partial charge in [0.15, 0.2) is 0 Å². The summed E-state index contributed by atoms with van der Waals surface area (Å²) in [6.07, 6.45) is 0.312. The SMILES string of the molecule is Cc1cc(Nc2cc(NC(Cc3ccccc3)C(N)=O)c(F)cc2C#N)sn1. The van der Waals surface area contributed by atoms with E-state index in [1.807, 2.05) is 49.4 Å². The highest BCUT2D eigenvalue weighted by atomic mass is 32.1. The number of nitrogens with one attached hydrogen (secondary N) is 2. The molecule has 0 saturated carbocycles. The Labute approximate surface area is 166 Å². The Bertz CT molecular complexity index is 1030. The number of primary amides is 1. The molecule has 2 aromatic carbocycles. The number of nitrogens with two attached hydrogens (primary N) is 1. The number of carbonyl (C=O) groups is 1. The van der Waals surface area contributed by atoms with E-state index in [9.17, 15) is 14.4 Å². The summed E-state index contributed by atoms with van der Waals surface area (Å²) < 4.78 is 18.7. The number of nitrogens with zero attached hydrogens (tertiary/aromatic N) is 2. The van der Waals surface area contributed by atoms with Crippen molar-refractivity contribution in [1.29, 1.82) is 5.26 Å². The molecule has 8 heteroatoms. The summed E-state index contributed by atoms with van der Waals surface area (Å²) in [5, 5.41) is 16.0. The number of benzene rings is 2. The number of nitriles is 1. The summed E-state index contributed by atoms with van der Waals surface area (Å²) in [4.78, 5) is 11.9. The highest BCUT2D eigenvalue weighted by Crippen LogP contribution is 2.29. The van der Waals surface area contributed by atoms with Gasteiger partial charge in [0.1, 0.15) is 22.9 Å². The number of aromatic nitrogens is 1. The van der Waals surface area contributed by atoms with Gasteiger partial charge in [-0.05, 0) is 42.2 Å². The third-order valence-corrected chi connectivity index (χ3v) is 4.87. The minimum Gasteiger partial charge on any atom is -0.371 e. The highest BCUT2D eigenvalue weighted by molar-refractivity contribution is 7.10. The Morgan fingerprint density at radius 2 is 2.04 bits per heavy atom. The first kappa shape index (κ1) is 19.3. The van der Waals surface area contributed by atoms with Gasteiger partial charge in [0, 0.05) is 6.42 Å². The second-order valence-electron chi connectivity index (χ2n) is 6.24. The zero-order chi connectivity index (χ0) is 20.1. The number of halogens is 1. The summed E-state index contributed by atoms with van der Waals surface area (Å²) in [6, 6.07) is 14.9. The molecule has 3 rings (SSSR count). The molecule has 0 aliphatic heterocycles. The van der Waals surface area contributed by atoms with E-state index in [1.54, 1.807) is 0 Å². The summed E-state index contributed by atoms with van der Waals surface area (Å²) in [6.45, 7) is 1.85. The van der Waals surface area contributed by atoms with E-state index in [-0.39, 0.29) is 11.3 Å². The number of anilines is 3. The number of rotatable bonds is 7. The Hall–Kier alpha value is -3.44. The Balaban J connectivity index is 1.88. The molecule has 6 nitrogen and oxygen atoms in total. The van der Waals surface area contributed by atoms with Crippen LogP contribution in [0, 0.1) is 24.1 Å². The van der Waals surface area contributed by atoms with Crippen molar-refractivity contribution in [1.82, 2.24) is 4.37 Å². The predicted octanol–water partition coefficient (Wildman–Crippen LogP) is 3.71. The van der Waals surface area contributed by atoms with Crippen LogP contribution >= 0.6 is 11.5 Å². The summed E-state index contributed by atoms with van der Waals surface area (Å²) >= 11 is 1.24. The second-order valence-corrected chi connectivity index (χ2v) is 7.04. The van der Waals surface area contributed by atoms with E-state index in [4.69, 9.17) is 5.73 Å². The van der Waals surface area contributed by atoms with Crippen molar-refractivity contribution in [3.8, 4) is 6.07 Å². The molecule has 0 bridgehead atoms. The lowest BCUT2D eigenvalue weighted by molar-refractivity contribution is -0.118. The van der Waals surface area contributed by atoms with Crippen LogP contribution < -0.4 is 16.4 Å². The van der Waals surface area contributed by atoms with Crippen LogP contribution in [-0.2, 0) is 11.2 Å². The molecule has 0 spiro atoms. The molecule has 1 atom stereocenters. The van der Waals surface area contributed by atoms with Gasteiger partial charge in [0.2, 0.25) is 5.91 Å². The summed E-state index contributed by atoms with van der Waals surface area (Å²) in [5.41, 5.74) is 7.88. The van der Waals surface area contributed by atoms with E-state index in [2.05, 4.69) is 15.0 Å². The maximum absolute atomic E-state index is 14.5. The van der Waals surface area contributed by atoms with E-state index >= 15 is 0 Å². The van der Waals surface area contributed by atoms with Gasteiger partial charge in [-0.3, -0.25) is 4.79 Å². The van der Waals surface area contributed by atoms with Gasteiger partial charge in [-0.1, -0.05) is 30.3 Å². The van der Waals surface area contributed by atoms with Crippen molar-refractivity contribution in [3.05, 3.63) is 71.2 Å². The van der Waals surface area contributed by atoms with E-state index in [0.717, 1.165) is 22.3 Å². The van der Waals surface area contributed by atoms with Crippen molar-refractivity contribution in [2.75, 3.05) is 10.6 Å². The van der Waals surface area contributed by atoms with Gasteiger partial charge in [0.05, 0.1) is 22.6 Å². The molecule has 0 radical (unpaired) electrons. The fourth-order valence-corrected chi connectivity index (χ4v) is 3.37. The third-order valence-electron chi connectivity index (χ3n) is 4.07. The molecule has 1 heterocycles. The van der Waals surface area contributed by atoms with Crippen LogP contribution in [0.4, 0.5) is 20.8 Å². The standard InChI is InChI=1S/C20H18FN5OS/c1-12-7-19(28-26-12)25-16-10-17(15(21)9-14(16)11-22)24-18(20(23)27)8-13-5-3-2-4-6-13/h2-7,9-10,18,24-25H,8H2,1H3,(H2,23,27). The normalized spacial score (nSPS) is 11.5. The number of aryl methyl sites for hydroxylation is 1. The van der Waals surface area contributed by atoms with Crippen LogP contribution in [0.5, 0.6) is 0 Å². The number of amides is 1. The van der Waals surface area contributed by atoms with Crippen LogP contribution in [0.25, 0.3) is 0 Å². The van der Waals surface area contributed by atoms with E-state index in [0.29, 0.717) is 12.1 Å². The van der Waals surface area contributed by atoms with Crippen LogP contribution in [0.2, 0.25) is 0 Å². The zero-order valence-electron chi connectivity index (χ0n) is 15.1. The monoisotopic (exact) mass is 395 g/mol. The minimum absolute atomic E-state index is 0.0856. The molecule has 1 amide bonds. The fourth-order valence-electron chi connectivity index (χ4n) is 2.70.